The van der Waals surface area contributed by atoms with Crippen LogP contribution in [0.1, 0.15) is 24.7 Å². The lowest BCUT2D eigenvalue weighted by Crippen LogP contribution is -1.93. The molecule has 0 aliphatic heterocycles. The molecule has 0 saturated heterocycles. The predicted molar refractivity (Wildman–Crippen MR) is 60.6 cm³/mol. The minimum atomic E-state index is -0.532. The highest BCUT2D eigenvalue weighted by Crippen LogP contribution is 2.26. The van der Waals surface area contributed by atoms with Crippen molar-refractivity contribution in [3.63, 3.8) is 0 Å². The number of aliphatic hydroxyl groups excluding tert-OH is 1. The number of benzene rings is 1. The second-order valence-electron chi connectivity index (χ2n) is 3.57. The topological polar surface area (TPSA) is 33.4 Å². The number of para-hydroxylation sites is 1. The molecular formula is C13H14O2. The van der Waals surface area contributed by atoms with Gasteiger partial charge in [0.2, 0.25) is 0 Å². The SMILES string of the molecule is C=CCCC(O)c1cc2ccccc2o1. The van der Waals surface area contributed by atoms with E-state index in [0.717, 1.165) is 17.4 Å². The lowest BCUT2D eigenvalue weighted by Gasteiger charge is -2.04. The smallest absolute Gasteiger partial charge is 0.134 e. The first-order valence-electron chi connectivity index (χ1n) is 5.08. The van der Waals surface area contributed by atoms with E-state index in [0.29, 0.717) is 12.2 Å². The summed E-state index contributed by atoms with van der Waals surface area (Å²) in [6.07, 6.45) is 2.71. The summed E-state index contributed by atoms with van der Waals surface area (Å²) >= 11 is 0. The molecule has 0 fully saturated rings. The van der Waals surface area contributed by atoms with Gasteiger partial charge in [-0.3, -0.25) is 0 Å². The van der Waals surface area contributed by atoms with Crippen molar-refractivity contribution >= 4 is 11.0 Å². The summed E-state index contributed by atoms with van der Waals surface area (Å²) in [5, 5.41) is 10.8. The monoisotopic (exact) mass is 202 g/mol. The summed E-state index contributed by atoms with van der Waals surface area (Å²) in [7, 11) is 0. The van der Waals surface area contributed by atoms with Gasteiger partial charge in [0.25, 0.3) is 0 Å². The summed E-state index contributed by atoms with van der Waals surface area (Å²) < 4.78 is 5.54. The van der Waals surface area contributed by atoms with Crippen LogP contribution in [0.4, 0.5) is 0 Å². The van der Waals surface area contributed by atoms with E-state index < -0.39 is 6.10 Å². The summed E-state index contributed by atoms with van der Waals surface area (Å²) in [6.45, 7) is 3.63. The number of hydrogen-bond donors (Lipinski definition) is 1. The van der Waals surface area contributed by atoms with Gasteiger partial charge in [0.05, 0.1) is 0 Å². The van der Waals surface area contributed by atoms with Gasteiger partial charge in [-0.1, -0.05) is 24.3 Å². The fraction of sp³-hybridized carbons (Fsp3) is 0.231. The summed E-state index contributed by atoms with van der Waals surface area (Å²) in [4.78, 5) is 0. The largest absolute Gasteiger partial charge is 0.458 e. The zero-order valence-electron chi connectivity index (χ0n) is 8.52. The molecule has 1 heterocycles. The molecule has 0 amide bonds. The van der Waals surface area contributed by atoms with Crippen LogP contribution >= 0.6 is 0 Å². The first-order chi connectivity index (χ1) is 7.31. The average molecular weight is 202 g/mol. The molecule has 0 bridgehead atoms. The molecular weight excluding hydrogens is 188 g/mol. The van der Waals surface area contributed by atoms with Crippen LogP contribution in [0.5, 0.6) is 0 Å². The number of hydrogen-bond acceptors (Lipinski definition) is 2. The van der Waals surface area contributed by atoms with E-state index in [1.54, 1.807) is 6.08 Å². The number of furan rings is 1. The quantitative estimate of drug-likeness (QED) is 0.770. The van der Waals surface area contributed by atoms with Gasteiger partial charge in [-0.2, -0.15) is 0 Å². The third kappa shape index (κ3) is 2.10. The van der Waals surface area contributed by atoms with Gasteiger partial charge in [-0.05, 0) is 25.0 Å². The number of fused-ring (bicyclic) bond motifs is 1. The third-order valence-corrected chi connectivity index (χ3v) is 2.42. The third-order valence-electron chi connectivity index (χ3n) is 2.42. The Bertz CT molecular complexity index is 423. The summed E-state index contributed by atoms with van der Waals surface area (Å²) in [6, 6.07) is 9.65. The van der Waals surface area contributed by atoms with Crippen LogP contribution in [0.15, 0.2) is 47.4 Å². The van der Waals surface area contributed by atoms with Crippen LogP contribution in [0.3, 0.4) is 0 Å². The Hall–Kier alpha value is -1.54. The van der Waals surface area contributed by atoms with Gasteiger partial charge in [0.15, 0.2) is 0 Å². The molecule has 2 nitrogen and oxygen atoms in total. The number of allylic oxidation sites excluding steroid dienone is 1. The molecule has 1 unspecified atom stereocenters. The number of rotatable bonds is 4. The van der Waals surface area contributed by atoms with E-state index in [1.807, 2.05) is 30.3 Å². The average Bonchev–Trinajstić information content (AvgIpc) is 2.69. The predicted octanol–water partition coefficient (Wildman–Crippen LogP) is 3.43. The van der Waals surface area contributed by atoms with E-state index >= 15 is 0 Å². The molecule has 0 saturated carbocycles. The Kier molecular flexibility index (Phi) is 2.88. The second kappa shape index (κ2) is 4.32. The van der Waals surface area contributed by atoms with E-state index in [4.69, 9.17) is 4.42 Å². The Morgan fingerprint density at radius 1 is 1.40 bits per heavy atom. The molecule has 1 N–H and O–H groups in total. The molecule has 0 radical (unpaired) electrons. The molecule has 2 rings (SSSR count). The van der Waals surface area contributed by atoms with Crippen molar-refractivity contribution in [3.05, 3.63) is 48.7 Å². The fourth-order valence-corrected chi connectivity index (χ4v) is 1.58. The maximum atomic E-state index is 9.81. The van der Waals surface area contributed by atoms with Gasteiger partial charge in [0.1, 0.15) is 17.4 Å². The normalized spacial score (nSPS) is 12.9. The molecule has 0 spiro atoms. The van der Waals surface area contributed by atoms with E-state index in [9.17, 15) is 5.11 Å². The first-order valence-corrected chi connectivity index (χ1v) is 5.08. The lowest BCUT2D eigenvalue weighted by molar-refractivity contribution is 0.144. The highest BCUT2D eigenvalue weighted by Gasteiger charge is 2.11. The van der Waals surface area contributed by atoms with Gasteiger partial charge in [-0.25, -0.2) is 0 Å². The molecule has 0 aliphatic rings. The standard InChI is InChI=1S/C13H14O2/c1-2-3-7-11(14)13-9-10-6-4-5-8-12(10)15-13/h2,4-6,8-9,11,14H,1,3,7H2. The molecule has 78 valence electrons. The molecule has 1 atom stereocenters. The highest BCUT2D eigenvalue weighted by atomic mass is 16.4. The van der Waals surface area contributed by atoms with Crippen LogP contribution in [-0.2, 0) is 0 Å². The summed E-state index contributed by atoms with van der Waals surface area (Å²) in [5.41, 5.74) is 0.824. The maximum absolute atomic E-state index is 9.81. The minimum absolute atomic E-state index is 0.532. The van der Waals surface area contributed by atoms with Crippen molar-refractivity contribution in [1.82, 2.24) is 0 Å². The van der Waals surface area contributed by atoms with Crippen molar-refractivity contribution < 1.29 is 9.52 Å². The van der Waals surface area contributed by atoms with Gasteiger partial charge in [0, 0.05) is 5.39 Å². The van der Waals surface area contributed by atoms with Crippen LogP contribution in [0, 0.1) is 0 Å². The van der Waals surface area contributed by atoms with Crippen molar-refractivity contribution in [3.8, 4) is 0 Å². The fourth-order valence-electron chi connectivity index (χ4n) is 1.58. The van der Waals surface area contributed by atoms with Crippen molar-refractivity contribution in [2.75, 3.05) is 0 Å². The minimum Gasteiger partial charge on any atom is -0.458 e. The molecule has 1 aromatic carbocycles. The molecule has 0 aliphatic carbocycles. The molecule has 2 aromatic rings. The molecule has 15 heavy (non-hydrogen) atoms. The van der Waals surface area contributed by atoms with Crippen LogP contribution in [0.2, 0.25) is 0 Å². The van der Waals surface area contributed by atoms with Gasteiger partial charge < -0.3 is 9.52 Å². The number of aliphatic hydroxyl groups is 1. The molecule has 1 aromatic heterocycles. The van der Waals surface area contributed by atoms with Crippen LogP contribution < -0.4 is 0 Å². The zero-order chi connectivity index (χ0) is 10.7. The van der Waals surface area contributed by atoms with Crippen molar-refractivity contribution in [2.45, 2.75) is 18.9 Å². The Balaban J connectivity index is 2.24. The lowest BCUT2D eigenvalue weighted by atomic mass is 10.1. The molecule has 2 heteroatoms. The first kappa shape index (κ1) is 9.99. The van der Waals surface area contributed by atoms with Gasteiger partial charge >= 0.3 is 0 Å². The Labute approximate surface area is 88.8 Å². The van der Waals surface area contributed by atoms with E-state index in [-0.39, 0.29) is 0 Å². The van der Waals surface area contributed by atoms with Crippen molar-refractivity contribution in [2.24, 2.45) is 0 Å². The van der Waals surface area contributed by atoms with E-state index in [1.165, 1.54) is 0 Å². The van der Waals surface area contributed by atoms with Gasteiger partial charge in [-0.15, -0.1) is 6.58 Å². The highest BCUT2D eigenvalue weighted by molar-refractivity contribution is 5.77. The summed E-state index contributed by atoms with van der Waals surface area (Å²) in [5.74, 6) is 0.637. The Morgan fingerprint density at radius 2 is 2.20 bits per heavy atom. The van der Waals surface area contributed by atoms with Crippen molar-refractivity contribution in [1.29, 1.82) is 0 Å². The van der Waals surface area contributed by atoms with E-state index in [2.05, 4.69) is 6.58 Å². The second-order valence-corrected chi connectivity index (χ2v) is 3.57. The zero-order valence-corrected chi connectivity index (χ0v) is 8.52. The Morgan fingerprint density at radius 3 is 2.93 bits per heavy atom. The van der Waals surface area contributed by atoms with Crippen LogP contribution in [-0.4, -0.2) is 5.11 Å². The van der Waals surface area contributed by atoms with Crippen LogP contribution in [0.25, 0.3) is 11.0 Å². The maximum Gasteiger partial charge on any atom is 0.134 e.